The standard InChI is InChI=1S/C19H25N3O3S/c1-12-16(18(23)22-8-7-19(2,10-20)11-22)26-17(21-12)13-5-6-14(24-3)15(9-13)25-4/h5-6,9H,7-8,10-11,20H2,1-4H3. The average molecular weight is 375 g/mol. The maximum atomic E-state index is 13.0. The van der Waals surface area contributed by atoms with Crippen molar-refractivity contribution in [3.63, 3.8) is 0 Å². The average Bonchev–Trinajstić information content (AvgIpc) is 3.24. The highest BCUT2D eigenvalue weighted by Crippen LogP contribution is 2.36. The molecule has 1 saturated heterocycles. The second-order valence-electron chi connectivity index (χ2n) is 6.99. The summed E-state index contributed by atoms with van der Waals surface area (Å²) >= 11 is 1.42. The van der Waals surface area contributed by atoms with Crippen molar-refractivity contribution in [3.05, 3.63) is 28.8 Å². The summed E-state index contributed by atoms with van der Waals surface area (Å²) in [5.41, 5.74) is 7.54. The number of aromatic nitrogens is 1. The first kappa shape index (κ1) is 18.7. The van der Waals surface area contributed by atoms with Gasteiger partial charge in [0.2, 0.25) is 0 Å². The van der Waals surface area contributed by atoms with Crippen LogP contribution in [0.15, 0.2) is 18.2 Å². The van der Waals surface area contributed by atoms with Crippen LogP contribution < -0.4 is 15.2 Å². The van der Waals surface area contributed by atoms with E-state index in [1.807, 2.05) is 30.0 Å². The molecule has 26 heavy (non-hydrogen) atoms. The highest BCUT2D eigenvalue weighted by atomic mass is 32.1. The van der Waals surface area contributed by atoms with Gasteiger partial charge < -0.3 is 20.1 Å². The Hall–Kier alpha value is -2.12. The molecule has 1 aromatic carbocycles. The number of aryl methyl sites for hydroxylation is 1. The lowest BCUT2D eigenvalue weighted by molar-refractivity contribution is 0.0780. The Morgan fingerprint density at radius 1 is 1.35 bits per heavy atom. The van der Waals surface area contributed by atoms with Crippen LogP contribution in [0.2, 0.25) is 0 Å². The third-order valence-electron chi connectivity index (χ3n) is 4.96. The van der Waals surface area contributed by atoms with Crippen LogP contribution in [0.3, 0.4) is 0 Å². The van der Waals surface area contributed by atoms with Crippen LogP contribution in [0.25, 0.3) is 10.6 Å². The number of hydrogen-bond donors (Lipinski definition) is 1. The van der Waals surface area contributed by atoms with E-state index in [2.05, 4.69) is 11.9 Å². The van der Waals surface area contributed by atoms with E-state index in [1.165, 1.54) is 11.3 Å². The smallest absolute Gasteiger partial charge is 0.265 e. The molecule has 1 atom stereocenters. The molecule has 1 aliphatic heterocycles. The molecule has 2 heterocycles. The number of nitrogens with two attached hydrogens (primary N) is 1. The zero-order valence-corrected chi connectivity index (χ0v) is 16.5. The number of carbonyl (C=O) groups excluding carboxylic acids is 1. The topological polar surface area (TPSA) is 77.7 Å². The number of methoxy groups -OCH3 is 2. The first-order valence-corrected chi connectivity index (χ1v) is 9.41. The molecule has 0 radical (unpaired) electrons. The summed E-state index contributed by atoms with van der Waals surface area (Å²) in [6.45, 7) is 6.05. The van der Waals surface area contributed by atoms with Gasteiger partial charge in [0, 0.05) is 18.7 Å². The summed E-state index contributed by atoms with van der Waals surface area (Å²) in [5, 5.41) is 0.799. The van der Waals surface area contributed by atoms with Gasteiger partial charge in [-0.3, -0.25) is 4.79 Å². The van der Waals surface area contributed by atoms with Gasteiger partial charge in [-0.05, 0) is 43.5 Å². The van der Waals surface area contributed by atoms with Gasteiger partial charge >= 0.3 is 0 Å². The van der Waals surface area contributed by atoms with Crippen LogP contribution in [-0.2, 0) is 0 Å². The van der Waals surface area contributed by atoms with Crippen molar-refractivity contribution in [1.82, 2.24) is 9.88 Å². The molecule has 1 aliphatic rings. The zero-order valence-electron chi connectivity index (χ0n) is 15.7. The number of amides is 1. The number of hydrogen-bond acceptors (Lipinski definition) is 6. The SMILES string of the molecule is COc1ccc(-c2nc(C)c(C(=O)N3CCC(C)(CN)C3)s2)cc1OC. The molecule has 1 amide bonds. The van der Waals surface area contributed by atoms with Crippen molar-refractivity contribution >= 4 is 17.2 Å². The van der Waals surface area contributed by atoms with Gasteiger partial charge in [-0.25, -0.2) is 4.98 Å². The fraction of sp³-hybridized carbons (Fsp3) is 0.474. The molecular formula is C19H25N3O3S. The summed E-state index contributed by atoms with van der Waals surface area (Å²) in [6, 6.07) is 5.65. The van der Waals surface area contributed by atoms with Crippen molar-refractivity contribution in [2.45, 2.75) is 20.3 Å². The minimum absolute atomic E-state index is 0.0143. The third-order valence-corrected chi connectivity index (χ3v) is 6.15. The van der Waals surface area contributed by atoms with E-state index in [0.717, 1.165) is 29.2 Å². The first-order valence-electron chi connectivity index (χ1n) is 8.60. The first-order chi connectivity index (χ1) is 12.4. The van der Waals surface area contributed by atoms with Crippen molar-refractivity contribution in [1.29, 1.82) is 0 Å². The second kappa shape index (κ2) is 7.25. The molecule has 7 heteroatoms. The lowest BCUT2D eigenvalue weighted by atomic mass is 9.90. The van der Waals surface area contributed by atoms with Crippen LogP contribution in [0.4, 0.5) is 0 Å². The molecule has 3 rings (SSSR count). The number of nitrogens with zero attached hydrogens (tertiary/aromatic N) is 2. The minimum Gasteiger partial charge on any atom is -0.493 e. The van der Waals surface area contributed by atoms with E-state index in [1.54, 1.807) is 14.2 Å². The number of carbonyl (C=O) groups is 1. The van der Waals surface area contributed by atoms with Gasteiger partial charge in [-0.1, -0.05) is 6.92 Å². The molecular weight excluding hydrogens is 350 g/mol. The number of likely N-dealkylation sites (tertiary alicyclic amines) is 1. The maximum absolute atomic E-state index is 13.0. The van der Waals surface area contributed by atoms with Gasteiger partial charge in [0.15, 0.2) is 11.5 Å². The predicted molar refractivity (Wildman–Crippen MR) is 103 cm³/mol. The Balaban J connectivity index is 1.87. The summed E-state index contributed by atoms with van der Waals surface area (Å²) in [7, 11) is 3.21. The van der Waals surface area contributed by atoms with E-state index in [9.17, 15) is 4.79 Å². The van der Waals surface area contributed by atoms with Crippen molar-refractivity contribution in [2.75, 3.05) is 33.9 Å². The largest absolute Gasteiger partial charge is 0.493 e. The summed E-state index contributed by atoms with van der Waals surface area (Å²) in [5.74, 6) is 1.35. The molecule has 0 spiro atoms. The lowest BCUT2D eigenvalue weighted by Crippen LogP contribution is -2.34. The quantitative estimate of drug-likeness (QED) is 0.869. The van der Waals surface area contributed by atoms with Gasteiger partial charge in [0.1, 0.15) is 9.88 Å². The van der Waals surface area contributed by atoms with Gasteiger partial charge in [0.25, 0.3) is 5.91 Å². The molecule has 1 aromatic heterocycles. The highest BCUT2D eigenvalue weighted by molar-refractivity contribution is 7.17. The summed E-state index contributed by atoms with van der Waals surface area (Å²) < 4.78 is 10.6. The molecule has 1 unspecified atom stereocenters. The number of rotatable bonds is 5. The Morgan fingerprint density at radius 3 is 2.69 bits per heavy atom. The van der Waals surface area contributed by atoms with E-state index in [4.69, 9.17) is 15.2 Å². The monoisotopic (exact) mass is 375 g/mol. The molecule has 2 N–H and O–H groups in total. The van der Waals surface area contributed by atoms with E-state index < -0.39 is 0 Å². The minimum atomic E-state index is 0.0143. The summed E-state index contributed by atoms with van der Waals surface area (Å²) in [4.78, 5) is 20.1. The van der Waals surface area contributed by atoms with Crippen molar-refractivity contribution in [2.24, 2.45) is 11.1 Å². The van der Waals surface area contributed by atoms with E-state index in [0.29, 0.717) is 29.5 Å². The van der Waals surface area contributed by atoms with Gasteiger partial charge in [-0.2, -0.15) is 0 Å². The Kier molecular flexibility index (Phi) is 5.20. The second-order valence-corrected chi connectivity index (χ2v) is 7.99. The van der Waals surface area contributed by atoms with Crippen LogP contribution in [0.1, 0.15) is 28.7 Å². The number of ether oxygens (including phenoxy) is 2. The van der Waals surface area contributed by atoms with E-state index in [-0.39, 0.29) is 11.3 Å². The fourth-order valence-corrected chi connectivity index (χ4v) is 4.23. The van der Waals surface area contributed by atoms with Gasteiger partial charge in [0.05, 0.1) is 19.9 Å². The van der Waals surface area contributed by atoms with Crippen LogP contribution in [-0.4, -0.2) is 49.6 Å². The molecule has 140 valence electrons. The predicted octanol–water partition coefficient (Wildman–Crippen LogP) is 2.95. The zero-order chi connectivity index (χ0) is 18.9. The Bertz CT molecular complexity index is 820. The maximum Gasteiger partial charge on any atom is 0.265 e. The van der Waals surface area contributed by atoms with Crippen LogP contribution in [0.5, 0.6) is 11.5 Å². The fourth-order valence-electron chi connectivity index (χ4n) is 3.19. The third kappa shape index (κ3) is 3.41. The van der Waals surface area contributed by atoms with Crippen molar-refractivity contribution < 1.29 is 14.3 Å². The molecule has 0 aliphatic carbocycles. The molecule has 2 aromatic rings. The Morgan fingerprint density at radius 2 is 2.08 bits per heavy atom. The van der Waals surface area contributed by atoms with E-state index >= 15 is 0 Å². The van der Waals surface area contributed by atoms with Crippen LogP contribution >= 0.6 is 11.3 Å². The lowest BCUT2D eigenvalue weighted by Gasteiger charge is -2.22. The molecule has 0 saturated carbocycles. The molecule has 1 fully saturated rings. The van der Waals surface area contributed by atoms with Crippen LogP contribution in [0, 0.1) is 12.3 Å². The molecule has 0 bridgehead atoms. The van der Waals surface area contributed by atoms with Gasteiger partial charge in [-0.15, -0.1) is 11.3 Å². The van der Waals surface area contributed by atoms with Crippen molar-refractivity contribution in [3.8, 4) is 22.1 Å². The normalized spacial score (nSPS) is 19.7. The summed E-state index contributed by atoms with van der Waals surface area (Å²) in [6.07, 6.45) is 0.940. The molecule has 6 nitrogen and oxygen atoms in total. The Labute approximate surface area is 157 Å². The number of thiazole rings is 1. The number of benzene rings is 1. The highest BCUT2D eigenvalue weighted by Gasteiger charge is 2.36.